The molecule has 4 nitrogen and oxygen atoms in total. The molecule has 0 saturated carbocycles. The van der Waals surface area contributed by atoms with E-state index in [1.807, 2.05) is 30.3 Å². The number of hydrogen-bond acceptors (Lipinski definition) is 3. The normalized spacial score (nSPS) is 14.8. The number of furan rings is 1. The van der Waals surface area contributed by atoms with E-state index in [4.69, 9.17) is 4.42 Å². The highest BCUT2D eigenvalue weighted by molar-refractivity contribution is 6.34. The largest absolute Gasteiger partial charge is 0.507 e. The standard InChI is InChI=1S/C19H13NO3/c21-17-8-4-2-6-14(17)18-10-9-12(23-18)11-15-13-5-1-3-7-16(13)20-19(15)22/h1-11,21H,(H,20,22). The zero-order valence-electron chi connectivity index (χ0n) is 12.1. The van der Waals surface area contributed by atoms with Gasteiger partial charge in [0, 0.05) is 11.3 Å². The number of benzene rings is 2. The maximum absolute atomic E-state index is 12.1. The van der Waals surface area contributed by atoms with Crippen molar-refractivity contribution < 1.29 is 14.3 Å². The second-order valence-electron chi connectivity index (χ2n) is 5.28. The third-order valence-corrected chi connectivity index (χ3v) is 3.79. The van der Waals surface area contributed by atoms with Crippen LogP contribution in [0, 0.1) is 0 Å². The zero-order chi connectivity index (χ0) is 15.8. The fourth-order valence-corrected chi connectivity index (χ4v) is 2.68. The third kappa shape index (κ3) is 2.30. The fraction of sp³-hybridized carbons (Fsp3) is 0. The van der Waals surface area contributed by atoms with Crippen LogP contribution in [0.5, 0.6) is 5.75 Å². The van der Waals surface area contributed by atoms with E-state index in [1.165, 1.54) is 0 Å². The first kappa shape index (κ1) is 13.4. The molecular weight excluding hydrogens is 290 g/mol. The monoisotopic (exact) mass is 303 g/mol. The van der Waals surface area contributed by atoms with Gasteiger partial charge in [0.15, 0.2) is 0 Å². The van der Waals surface area contributed by atoms with Crippen molar-refractivity contribution in [2.75, 3.05) is 5.32 Å². The number of para-hydroxylation sites is 2. The minimum Gasteiger partial charge on any atom is -0.507 e. The van der Waals surface area contributed by atoms with Crippen LogP contribution < -0.4 is 5.32 Å². The van der Waals surface area contributed by atoms with Crippen LogP contribution in [0.25, 0.3) is 23.0 Å². The molecule has 0 spiro atoms. The highest BCUT2D eigenvalue weighted by atomic mass is 16.3. The SMILES string of the molecule is O=C1Nc2ccccc2C1=Cc1ccc(-c2ccccc2O)o1. The molecular formula is C19H13NO3. The number of phenols is 1. The first-order valence-corrected chi connectivity index (χ1v) is 7.23. The summed E-state index contributed by atoms with van der Waals surface area (Å²) < 4.78 is 5.76. The van der Waals surface area contributed by atoms with Crippen LogP contribution >= 0.6 is 0 Å². The predicted molar refractivity (Wildman–Crippen MR) is 88.8 cm³/mol. The number of phenolic OH excluding ortho intramolecular Hbond substituents is 1. The Kier molecular flexibility index (Phi) is 3.01. The van der Waals surface area contributed by atoms with E-state index < -0.39 is 0 Å². The Morgan fingerprint density at radius 2 is 1.65 bits per heavy atom. The van der Waals surface area contributed by atoms with Crippen LogP contribution in [-0.4, -0.2) is 11.0 Å². The molecule has 112 valence electrons. The number of amides is 1. The highest BCUT2D eigenvalue weighted by Gasteiger charge is 2.23. The summed E-state index contributed by atoms with van der Waals surface area (Å²) in [6, 6.07) is 18.1. The van der Waals surface area contributed by atoms with E-state index in [9.17, 15) is 9.90 Å². The maximum atomic E-state index is 12.1. The Labute approximate surface area is 132 Å². The Bertz CT molecular complexity index is 937. The first-order chi connectivity index (χ1) is 11.2. The van der Waals surface area contributed by atoms with Gasteiger partial charge >= 0.3 is 0 Å². The molecule has 3 aromatic rings. The first-order valence-electron chi connectivity index (χ1n) is 7.23. The zero-order valence-corrected chi connectivity index (χ0v) is 12.1. The van der Waals surface area contributed by atoms with Crippen molar-refractivity contribution in [1.29, 1.82) is 0 Å². The lowest BCUT2D eigenvalue weighted by molar-refractivity contribution is -0.110. The molecule has 1 aliphatic heterocycles. The molecule has 23 heavy (non-hydrogen) atoms. The summed E-state index contributed by atoms with van der Waals surface area (Å²) in [5, 5.41) is 12.7. The average molecular weight is 303 g/mol. The van der Waals surface area contributed by atoms with Gasteiger partial charge in [-0.3, -0.25) is 4.79 Å². The van der Waals surface area contributed by atoms with E-state index >= 15 is 0 Å². The van der Waals surface area contributed by atoms with Gasteiger partial charge in [0.05, 0.1) is 11.1 Å². The number of aromatic hydroxyl groups is 1. The summed E-state index contributed by atoms with van der Waals surface area (Å²) in [4.78, 5) is 12.1. The van der Waals surface area contributed by atoms with Gasteiger partial charge in [-0.05, 0) is 36.4 Å². The fourth-order valence-electron chi connectivity index (χ4n) is 2.68. The van der Waals surface area contributed by atoms with Crippen LogP contribution in [0.15, 0.2) is 65.1 Å². The van der Waals surface area contributed by atoms with Gasteiger partial charge < -0.3 is 14.8 Å². The highest BCUT2D eigenvalue weighted by Crippen LogP contribution is 2.34. The summed E-state index contributed by atoms with van der Waals surface area (Å²) >= 11 is 0. The van der Waals surface area contributed by atoms with E-state index in [-0.39, 0.29) is 11.7 Å². The van der Waals surface area contributed by atoms with Crippen molar-refractivity contribution in [3.63, 3.8) is 0 Å². The number of anilines is 1. The number of rotatable bonds is 2. The van der Waals surface area contributed by atoms with E-state index in [1.54, 1.807) is 36.4 Å². The van der Waals surface area contributed by atoms with Crippen molar-refractivity contribution >= 4 is 23.2 Å². The molecule has 2 N–H and O–H groups in total. The maximum Gasteiger partial charge on any atom is 0.256 e. The Morgan fingerprint density at radius 3 is 2.48 bits per heavy atom. The van der Waals surface area contributed by atoms with Crippen molar-refractivity contribution in [3.05, 3.63) is 72.0 Å². The second-order valence-corrected chi connectivity index (χ2v) is 5.28. The third-order valence-electron chi connectivity index (χ3n) is 3.79. The molecule has 4 heteroatoms. The van der Waals surface area contributed by atoms with Gasteiger partial charge in [0.25, 0.3) is 5.91 Å². The summed E-state index contributed by atoms with van der Waals surface area (Å²) in [7, 11) is 0. The summed E-state index contributed by atoms with van der Waals surface area (Å²) in [6.45, 7) is 0. The molecule has 4 rings (SSSR count). The number of carbonyl (C=O) groups is 1. The lowest BCUT2D eigenvalue weighted by Gasteiger charge is -2.00. The lowest BCUT2D eigenvalue weighted by atomic mass is 10.1. The number of carbonyl (C=O) groups excluding carboxylic acids is 1. The molecule has 2 heterocycles. The molecule has 0 atom stereocenters. The lowest BCUT2D eigenvalue weighted by Crippen LogP contribution is -2.03. The number of hydrogen-bond donors (Lipinski definition) is 2. The Balaban J connectivity index is 1.74. The van der Waals surface area contributed by atoms with Crippen molar-refractivity contribution in [3.8, 4) is 17.1 Å². The summed E-state index contributed by atoms with van der Waals surface area (Å²) in [6.07, 6.45) is 1.71. The molecule has 1 aromatic heterocycles. The predicted octanol–water partition coefficient (Wildman–Crippen LogP) is 4.14. The topological polar surface area (TPSA) is 62.5 Å². The van der Waals surface area contributed by atoms with Gasteiger partial charge in [-0.25, -0.2) is 0 Å². The number of nitrogens with one attached hydrogen (secondary N) is 1. The van der Waals surface area contributed by atoms with Gasteiger partial charge in [-0.2, -0.15) is 0 Å². The molecule has 0 bridgehead atoms. The molecule has 1 amide bonds. The van der Waals surface area contributed by atoms with Crippen molar-refractivity contribution in [2.24, 2.45) is 0 Å². The minimum atomic E-state index is -0.147. The summed E-state index contributed by atoms with van der Waals surface area (Å²) in [5.41, 5.74) is 2.85. The molecule has 2 aromatic carbocycles. The molecule has 0 radical (unpaired) electrons. The van der Waals surface area contributed by atoms with E-state index in [2.05, 4.69) is 5.32 Å². The molecule has 0 saturated heterocycles. The Hall–Kier alpha value is -3.27. The van der Waals surface area contributed by atoms with Crippen molar-refractivity contribution in [2.45, 2.75) is 0 Å². The van der Waals surface area contributed by atoms with Gasteiger partial charge in [0.2, 0.25) is 0 Å². The molecule has 0 aliphatic carbocycles. The Morgan fingerprint density at radius 1 is 0.913 bits per heavy atom. The van der Waals surface area contributed by atoms with Gasteiger partial charge in [-0.1, -0.05) is 30.3 Å². The van der Waals surface area contributed by atoms with Gasteiger partial charge in [0.1, 0.15) is 17.3 Å². The van der Waals surface area contributed by atoms with Crippen LogP contribution in [-0.2, 0) is 4.79 Å². The molecule has 1 aliphatic rings. The average Bonchev–Trinajstić information content (AvgIpc) is 3.14. The van der Waals surface area contributed by atoms with Crippen LogP contribution in [0.3, 0.4) is 0 Å². The van der Waals surface area contributed by atoms with E-state index in [0.29, 0.717) is 22.7 Å². The summed E-state index contributed by atoms with van der Waals surface area (Å²) in [5.74, 6) is 1.13. The quantitative estimate of drug-likeness (QED) is 0.699. The number of fused-ring (bicyclic) bond motifs is 1. The van der Waals surface area contributed by atoms with Gasteiger partial charge in [-0.15, -0.1) is 0 Å². The minimum absolute atomic E-state index is 0.147. The van der Waals surface area contributed by atoms with Crippen molar-refractivity contribution in [1.82, 2.24) is 0 Å². The molecule has 0 fully saturated rings. The molecule has 0 unspecified atom stereocenters. The van der Waals surface area contributed by atoms with Crippen LogP contribution in [0.1, 0.15) is 11.3 Å². The van der Waals surface area contributed by atoms with E-state index in [0.717, 1.165) is 11.3 Å². The van der Waals surface area contributed by atoms with Crippen LogP contribution in [0.4, 0.5) is 5.69 Å². The second kappa shape index (κ2) is 5.18. The smallest absolute Gasteiger partial charge is 0.256 e. The van der Waals surface area contributed by atoms with Crippen LogP contribution in [0.2, 0.25) is 0 Å².